The summed E-state index contributed by atoms with van der Waals surface area (Å²) in [5, 5.41) is 3.68. The summed E-state index contributed by atoms with van der Waals surface area (Å²) in [6.45, 7) is 14.5. The summed E-state index contributed by atoms with van der Waals surface area (Å²) in [7, 11) is 0. The minimum atomic E-state index is -0.0321. The van der Waals surface area contributed by atoms with Crippen molar-refractivity contribution < 1.29 is 4.74 Å². The molecule has 0 spiro atoms. The minimum absolute atomic E-state index is 0.0321. The maximum absolute atomic E-state index is 6.31. The average Bonchev–Trinajstić information content (AvgIpc) is 2.25. The summed E-state index contributed by atoms with van der Waals surface area (Å²) in [5.74, 6) is 1.61. The van der Waals surface area contributed by atoms with Crippen LogP contribution in [0.1, 0.15) is 67.2 Å². The monoisotopic (exact) mass is 255 g/mol. The second kappa shape index (κ2) is 6.91. The lowest BCUT2D eigenvalue weighted by Crippen LogP contribution is -2.49. The maximum Gasteiger partial charge on any atom is 0.0737 e. The van der Waals surface area contributed by atoms with Gasteiger partial charge in [0, 0.05) is 6.04 Å². The normalized spacial score (nSPS) is 29.8. The Bertz CT molecular complexity index is 232. The van der Waals surface area contributed by atoms with Crippen LogP contribution < -0.4 is 5.32 Å². The lowest BCUT2D eigenvalue weighted by molar-refractivity contribution is -0.0984. The fraction of sp³-hybridized carbons (Fsp3) is 1.00. The van der Waals surface area contributed by atoms with E-state index in [4.69, 9.17) is 4.74 Å². The van der Waals surface area contributed by atoms with Crippen LogP contribution in [0.3, 0.4) is 0 Å². The summed E-state index contributed by atoms with van der Waals surface area (Å²) >= 11 is 0. The second-order valence-electron chi connectivity index (χ2n) is 7.15. The predicted octanol–water partition coefficient (Wildman–Crippen LogP) is 3.99. The Balaban J connectivity index is 2.60. The number of ether oxygens (including phenoxy) is 1. The molecule has 1 aliphatic carbocycles. The highest BCUT2D eigenvalue weighted by atomic mass is 16.5. The van der Waals surface area contributed by atoms with Gasteiger partial charge in [0.25, 0.3) is 0 Å². The topological polar surface area (TPSA) is 21.3 Å². The molecule has 0 aromatic carbocycles. The molecule has 3 unspecified atom stereocenters. The third kappa shape index (κ3) is 5.27. The van der Waals surface area contributed by atoms with Crippen molar-refractivity contribution in [1.82, 2.24) is 5.32 Å². The van der Waals surface area contributed by atoms with E-state index in [1.807, 2.05) is 0 Å². The Kier molecular flexibility index (Phi) is 6.13. The quantitative estimate of drug-likeness (QED) is 0.802. The van der Waals surface area contributed by atoms with Crippen LogP contribution in [0.15, 0.2) is 0 Å². The molecule has 1 N–H and O–H groups in total. The highest BCUT2D eigenvalue weighted by Crippen LogP contribution is 2.33. The highest BCUT2D eigenvalue weighted by molar-refractivity contribution is 4.88. The Hall–Kier alpha value is -0.0800. The van der Waals surface area contributed by atoms with Crippen LogP contribution in [0.5, 0.6) is 0 Å². The summed E-state index contributed by atoms with van der Waals surface area (Å²) in [5.41, 5.74) is -0.0321. The van der Waals surface area contributed by atoms with E-state index in [9.17, 15) is 0 Å². The molecule has 0 amide bonds. The third-order valence-electron chi connectivity index (χ3n) is 3.94. The zero-order valence-corrected chi connectivity index (χ0v) is 13.3. The van der Waals surface area contributed by atoms with Crippen LogP contribution in [0.25, 0.3) is 0 Å². The van der Waals surface area contributed by atoms with Gasteiger partial charge in [0.2, 0.25) is 0 Å². The van der Waals surface area contributed by atoms with Crippen molar-refractivity contribution >= 4 is 0 Å². The van der Waals surface area contributed by atoms with Gasteiger partial charge < -0.3 is 10.1 Å². The first kappa shape index (κ1) is 16.0. The van der Waals surface area contributed by atoms with E-state index in [0.717, 1.165) is 18.4 Å². The van der Waals surface area contributed by atoms with Crippen LogP contribution in [0, 0.1) is 11.8 Å². The molecule has 0 bridgehead atoms. The largest absolute Gasteiger partial charge is 0.371 e. The SMILES string of the molecule is CCCNC1CCC(C(C)C)CC1OC(C)(C)C. The van der Waals surface area contributed by atoms with Gasteiger partial charge in [-0.1, -0.05) is 20.8 Å². The highest BCUT2D eigenvalue weighted by Gasteiger charge is 2.34. The number of nitrogens with one attached hydrogen (secondary N) is 1. The molecule has 18 heavy (non-hydrogen) atoms. The molecule has 1 fully saturated rings. The van der Waals surface area contributed by atoms with Crippen LogP contribution in [0.4, 0.5) is 0 Å². The van der Waals surface area contributed by atoms with E-state index in [2.05, 4.69) is 46.9 Å². The Morgan fingerprint density at radius 2 is 1.89 bits per heavy atom. The lowest BCUT2D eigenvalue weighted by Gasteiger charge is -2.41. The molecular weight excluding hydrogens is 222 g/mol. The molecule has 0 saturated heterocycles. The maximum atomic E-state index is 6.31. The summed E-state index contributed by atoms with van der Waals surface area (Å²) in [6, 6.07) is 0.555. The van der Waals surface area contributed by atoms with Gasteiger partial charge in [0.05, 0.1) is 11.7 Å². The van der Waals surface area contributed by atoms with E-state index in [1.165, 1.54) is 25.7 Å². The van der Waals surface area contributed by atoms with Gasteiger partial charge in [0.15, 0.2) is 0 Å². The molecule has 3 atom stereocenters. The third-order valence-corrected chi connectivity index (χ3v) is 3.94. The molecular formula is C16H33NO. The first-order valence-corrected chi connectivity index (χ1v) is 7.74. The molecule has 0 radical (unpaired) electrons. The van der Waals surface area contributed by atoms with Crippen LogP contribution in [-0.4, -0.2) is 24.3 Å². The number of hydrogen-bond acceptors (Lipinski definition) is 2. The summed E-state index contributed by atoms with van der Waals surface area (Å²) in [4.78, 5) is 0. The first-order valence-electron chi connectivity index (χ1n) is 7.74. The van der Waals surface area contributed by atoms with Crippen molar-refractivity contribution in [2.24, 2.45) is 11.8 Å². The van der Waals surface area contributed by atoms with E-state index in [-0.39, 0.29) is 5.60 Å². The van der Waals surface area contributed by atoms with E-state index >= 15 is 0 Å². The molecule has 1 rings (SSSR count). The van der Waals surface area contributed by atoms with Gasteiger partial charge in [0.1, 0.15) is 0 Å². The smallest absolute Gasteiger partial charge is 0.0737 e. The van der Waals surface area contributed by atoms with Gasteiger partial charge in [-0.05, 0) is 64.8 Å². The van der Waals surface area contributed by atoms with Gasteiger partial charge in [-0.15, -0.1) is 0 Å². The van der Waals surface area contributed by atoms with Gasteiger partial charge in [-0.2, -0.15) is 0 Å². The van der Waals surface area contributed by atoms with Crippen molar-refractivity contribution in [3.05, 3.63) is 0 Å². The number of rotatable bonds is 5. The first-order chi connectivity index (χ1) is 8.33. The molecule has 2 nitrogen and oxygen atoms in total. The molecule has 0 heterocycles. The Labute approximate surface area is 114 Å². The zero-order valence-electron chi connectivity index (χ0n) is 13.3. The van der Waals surface area contributed by atoms with Crippen LogP contribution in [0.2, 0.25) is 0 Å². The molecule has 108 valence electrons. The minimum Gasteiger partial charge on any atom is -0.371 e. The fourth-order valence-corrected chi connectivity index (χ4v) is 2.91. The summed E-state index contributed by atoms with van der Waals surface area (Å²) < 4.78 is 6.31. The number of hydrogen-bond donors (Lipinski definition) is 1. The van der Waals surface area contributed by atoms with Crippen LogP contribution >= 0.6 is 0 Å². The predicted molar refractivity (Wildman–Crippen MR) is 78.9 cm³/mol. The molecule has 1 aliphatic rings. The van der Waals surface area contributed by atoms with Crippen molar-refractivity contribution in [2.75, 3.05) is 6.54 Å². The molecule has 0 aromatic rings. The zero-order chi connectivity index (χ0) is 13.8. The molecule has 0 aromatic heterocycles. The molecule has 1 saturated carbocycles. The van der Waals surface area contributed by atoms with Crippen molar-refractivity contribution in [2.45, 2.75) is 85.0 Å². The lowest BCUT2D eigenvalue weighted by atomic mass is 9.78. The average molecular weight is 255 g/mol. The van der Waals surface area contributed by atoms with Crippen molar-refractivity contribution in [1.29, 1.82) is 0 Å². The molecule has 2 heteroatoms. The Morgan fingerprint density at radius 3 is 2.39 bits per heavy atom. The second-order valence-corrected chi connectivity index (χ2v) is 7.15. The van der Waals surface area contributed by atoms with E-state index in [1.54, 1.807) is 0 Å². The van der Waals surface area contributed by atoms with Crippen molar-refractivity contribution in [3.63, 3.8) is 0 Å². The standard InChI is InChI=1S/C16H33NO/c1-7-10-17-14-9-8-13(12(2)3)11-15(14)18-16(4,5)6/h12-15,17H,7-11H2,1-6H3. The van der Waals surface area contributed by atoms with Gasteiger partial charge in [-0.25, -0.2) is 0 Å². The van der Waals surface area contributed by atoms with Gasteiger partial charge >= 0.3 is 0 Å². The summed E-state index contributed by atoms with van der Waals surface area (Å²) in [6.07, 6.45) is 5.42. The van der Waals surface area contributed by atoms with Crippen molar-refractivity contribution in [3.8, 4) is 0 Å². The van der Waals surface area contributed by atoms with Gasteiger partial charge in [-0.3, -0.25) is 0 Å². The van der Waals surface area contributed by atoms with Crippen LogP contribution in [-0.2, 0) is 4.74 Å². The van der Waals surface area contributed by atoms with E-state index in [0.29, 0.717) is 12.1 Å². The molecule has 0 aliphatic heterocycles. The van der Waals surface area contributed by atoms with E-state index < -0.39 is 0 Å². The fourth-order valence-electron chi connectivity index (χ4n) is 2.91. The Morgan fingerprint density at radius 1 is 1.22 bits per heavy atom.